The second kappa shape index (κ2) is 22.4. The molecule has 1 aromatic heterocycles. The Balaban J connectivity index is 0.000000452. The predicted molar refractivity (Wildman–Crippen MR) is 180 cm³/mol. The first kappa shape index (κ1) is 41.8. The van der Waals surface area contributed by atoms with Crippen molar-refractivity contribution in [1.29, 1.82) is 5.26 Å². The first-order valence-corrected chi connectivity index (χ1v) is 15.2. The Hall–Kier alpha value is -3.17. The SMILES string of the molecule is C#C.CCC1CCO1.CCCc1[c-]cc(-c2cccc(OCc3ccc(C#N)cc3F)n2)c(C)c1.Cc1ccc(C(=O)O)cc1C.[Rb+]. The maximum atomic E-state index is 14.0. The van der Waals surface area contributed by atoms with Crippen molar-refractivity contribution >= 4 is 5.97 Å². The van der Waals surface area contributed by atoms with E-state index in [4.69, 9.17) is 19.8 Å². The summed E-state index contributed by atoms with van der Waals surface area (Å²) in [5.74, 6) is -0.899. The number of aromatic carboxylic acids is 1. The second-order valence-corrected chi connectivity index (χ2v) is 10.7. The number of ether oxygens (including phenoxy) is 2. The Morgan fingerprint density at radius 1 is 1.09 bits per heavy atom. The van der Waals surface area contributed by atoms with Crippen LogP contribution in [0.2, 0.25) is 0 Å². The number of hydrogen-bond donors (Lipinski definition) is 1. The molecule has 2 heterocycles. The van der Waals surface area contributed by atoms with Crippen LogP contribution in [0.3, 0.4) is 0 Å². The third-order valence-corrected chi connectivity index (χ3v) is 7.30. The minimum Gasteiger partial charge on any atom is -0.478 e. The number of carbonyl (C=O) groups is 1. The van der Waals surface area contributed by atoms with Crippen LogP contribution in [0.4, 0.5) is 4.39 Å². The van der Waals surface area contributed by atoms with Gasteiger partial charge in [-0.05, 0) is 68.1 Å². The van der Waals surface area contributed by atoms with E-state index in [0.29, 0.717) is 23.1 Å². The summed E-state index contributed by atoms with van der Waals surface area (Å²) in [6.45, 7) is 11.3. The molecule has 0 amide bonds. The van der Waals surface area contributed by atoms with Crippen LogP contribution in [0.1, 0.15) is 76.8 Å². The van der Waals surface area contributed by atoms with Crippen LogP contribution in [-0.2, 0) is 17.8 Å². The number of nitriles is 1. The van der Waals surface area contributed by atoms with Gasteiger partial charge in [0, 0.05) is 23.9 Å². The summed E-state index contributed by atoms with van der Waals surface area (Å²) in [6, 6.07) is 24.3. The van der Waals surface area contributed by atoms with Crippen LogP contribution >= 0.6 is 0 Å². The van der Waals surface area contributed by atoms with Gasteiger partial charge in [0.25, 0.3) is 0 Å². The van der Waals surface area contributed by atoms with Crippen LogP contribution in [0.5, 0.6) is 5.88 Å². The Labute approximate surface area is 328 Å². The van der Waals surface area contributed by atoms with E-state index >= 15 is 0 Å². The average molecular weight is 707 g/mol. The van der Waals surface area contributed by atoms with E-state index in [1.165, 1.54) is 24.5 Å². The standard InChI is InChI=1S/C23H20FN2O.C9H10O2.C5H10O.C2H2.Rb/c1-3-5-17-9-11-20(16(2)12-17)22-6-4-7-23(26-22)27-15-19-10-8-18(14-25)13-21(19)24;1-6-3-4-8(9(10)11)5-7(6)2;1-2-5-3-4-6-5;1-2;/h4,6-8,10-13H,3,5,15H2,1-2H3;3-5H,1-2H3,(H,10,11);5H,2-4H2,1H3;1-2H;/q-1;;;;+1. The van der Waals surface area contributed by atoms with Gasteiger partial charge in [0.1, 0.15) is 12.4 Å². The predicted octanol–water partition coefficient (Wildman–Crippen LogP) is 5.84. The van der Waals surface area contributed by atoms with Gasteiger partial charge in [-0.25, -0.2) is 14.2 Å². The smallest absolute Gasteiger partial charge is 0.478 e. The summed E-state index contributed by atoms with van der Waals surface area (Å²) in [6.07, 6.45) is 13.2. The molecule has 5 rings (SSSR count). The Bertz CT molecular complexity index is 1640. The van der Waals surface area contributed by atoms with E-state index in [0.717, 1.165) is 47.4 Å². The number of terminal acetylenes is 1. The van der Waals surface area contributed by atoms with Gasteiger partial charge >= 0.3 is 64.2 Å². The maximum Gasteiger partial charge on any atom is 1.00 e. The molecule has 47 heavy (non-hydrogen) atoms. The number of hydrogen-bond acceptors (Lipinski definition) is 5. The molecule has 1 unspecified atom stereocenters. The van der Waals surface area contributed by atoms with Gasteiger partial charge in [-0.3, -0.25) is 0 Å². The van der Waals surface area contributed by atoms with E-state index in [9.17, 15) is 9.18 Å². The number of rotatable bonds is 8. The normalized spacial score (nSPS) is 12.4. The zero-order chi connectivity index (χ0) is 34.1. The fraction of sp³-hybridized carbons (Fsp3) is 0.308. The van der Waals surface area contributed by atoms with Gasteiger partial charge in [-0.2, -0.15) is 34.6 Å². The second-order valence-electron chi connectivity index (χ2n) is 10.7. The summed E-state index contributed by atoms with van der Waals surface area (Å²) in [5, 5.41) is 17.4. The molecule has 1 fully saturated rings. The number of halogens is 1. The van der Waals surface area contributed by atoms with Crippen molar-refractivity contribution < 1.29 is 82.0 Å². The zero-order valence-electron chi connectivity index (χ0n) is 28.3. The summed E-state index contributed by atoms with van der Waals surface area (Å²) in [5.41, 5.74) is 7.30. The molecule has 240 valence electrons. The topological polar surface area (TPSA) is 92.4 Å². The van der Waals surface area contributed by atoms with Crippen molar-refractivity contribution in [2.24, 2.45) is 0 Å². The van der Waals surface area contributed by atoms with Crippen molar-refractivity contribution in [3.63, 3.8) is 0 Å². The molecule has 1 aliphatic heterocycles. The molecule has 0 spiro atoms. The van der Waals surface area contributed by atoms with Gasteiger partial charge in [-0.1, -0.05) is 51.8 Å². The molecule has 8 heteroatoms. The van der Waals surface area contributed by atoms with Crippen LogP contribution < -0.4 is 62.9 Å². The van der Waals surface area contributed by atoms with E-state index in [2.05, 4.69) is 50.7 Å². The van der Waals surface area contributed by atoms with Crippen molar-refractivity contribution in [3.05, 3.63) is 118 Å². The minimum atomic E-state index is -0.867. The van der Waals surface area contributed by atoms with Crippen LogP contribution in [-0.4, -0.2) is 28.8 Å². The molecule has 3 aromatic carbocycles. The van der Waals surface area contributed by atoms with Crippen molar-refractivity contribution in [1.82, 2.24) is 4.98 Å². The largest absolute Gasteiger partial charge is 1.00 e. The average Bonchev–Trinajstić information content (AvgIpc) is 3.03. The molecule has 1 atom stereocenters. The molecule has 0 bridgehead atoms. The molecule has 0 radical (unpaired) electrons. The Morgan fingerprint density at radius 2 is 1.81 bits per heavy atom. The van der Waals surface area contributed by atoms with Gasteiger partial charge in [-0.15, -0.1) is 18.4 Å². The summed E-state index contributed by atoms with van der Waals surface area (Å²) in [7, 11) is 0. The number of pyridine rings is 1. The van der Waals surface area contributed by atoms with Crippen LogP contribution in [0.25, 0.3) is 11.3 Å². The number of carboxylic acids is 1. The molecule has 0 saturated carbocycles. The summed E-state index contributed by atoms with van der Waals surface area (Å²) < 4.78 is 24.7. The quantitative estimate of drug-likeness (QED) is 0.183. The number of carboxylic acid groups (broad SMARTS) is 1. The molecular formula is C39H42FN2O4Rb. The maximum absolute atomic E-state index is 14.0. The first-order valence-electron chi connectivity index (χ1n) is 15.2. The summed E-state index contributed by atoms with van der Waals surface area (Å²) >= 11 is 0. The fourth-order valence-electron chi connectivity index (χ4n) is 4.36. The molecular weight excluding hydrogens is 665 g/mol. The number of benzene rings is 3. The van der Waals surface area contributed by atoms with Crippen molar-refractivity contribution in [2.75, 3.05) is 6.61 Å². The van der Waals surface area contributed by atoms with E-state index < -0.39 is 11.8 Å². The van der Waals surface area contributed by atoms with Gasteiger partial charge < -0.3 is 14.6 Å². The molecule has 1 aliphatic rings. The molecule has 1 saturated heterocycles. The monoisotopic (exact) mass is 706 g/mol. The number of aromatic nitrogens is 1. The minimum absolute atomic E-state index is 0. The Kier molecular flexibility index (Phi) is 19.9. The van der Waals surface area contributed by atoms with Crippen molar-refractivity contribution in [2.45, 2.75) is 73.0 Å². The summed E-state index contributed by atoms with van der Waals surface area (Å²) in [4.78, 5) is 15.0. The molecule has 0 aliphatic carbocycles. The third kappa shape index (κ3) is 13.8. The van der Waals surface area contributed by atoms with E-state index in [1.807, 2.05) is 44.2 Å². The van der Waals surface area contributed by atoms with E-state index in [-0.39, 0.29) is 70.4 Å². The van der Waals surface area contributed by atoms with Gasteiger partial charge in [0.05, 0.1) is 23.3 Å². The van der Waals surface area contributed by atoms with Gasteiger partial charge in [0.15, 0.2) is 0 Å². The van der Waals surface area contributed by atoms with Crippen LogP contribution in [0.15, 0.2) is 66.7 Å². The zero-order valence-corrected chi connectivity index (χ0v) is 33.2. The third-order valence-electron chi connectivity index (χ3n) is 7.30. The molecule has 4 aromatic rings. The Morgan fingerprint density at radius 3 is 2.32 bits per heavy atom. The number of nitrogens with zero attached hydrogens (tertiary/aromatic N) is 2. The van der Waals surface area contributed by atoms with Crippen molar-refractivity contribution in [3.8, 4) is 36.1 Å². The molecule has 1 N–H and O–H groups in total. The number of aryl methyl sites for hydroxylation is 4. The first-order chi connectivity index (χ1) is 22.1. The fourth-order valence-corrected chi connectivity index (χ4v) is 4.36. The van der Waals surface area contributed by atoms with E-state index in [1.54, 1.807) is 30.3 Å². The van der Waals surface area contributed by atoms with Gasteiger partial charge in [0.2, 0.25) is 5.88 Å². The molecule has 6 nitrogen and oxygen atoms in total. The van der Waals surface area contributed by atoms with Crippen LogP contribution in [0, 0.1) is 56.8 Å².